The summed E-state index contributed by atoms with van der Waals surface area (Å²) in [4.78, 5) is 15.7. The number of rotatable bonds is 5. The molecule has 0 spiro atoms. The maximum absolute atomic E-state index is 12.1. The molecule has 0 atom stereocenters. The predicted molar refractivity (Wildman–Crippen MR) is 75.1 cm³/mol. The molecule has 1 aromatic heterocycles. The Labute approximate surface area is 129 Å². The largest absolute Gasteiger partial charge is 0.573 e. The number of hydrogen-bond donors (Lipinski definition) is 0. The number of anilines is 1. The van der Waals surface area contributed by atoms with E-state index in [2.05, 4.69) is 9.72 Å². The molecule has 2 aromatic rings. The quantitative estimate of drug-likeness (QED) is 0.622. The lowest BCUT2D eigenvalue weighted by Gasteiger charge is -2.18. The smallest absolute Gasteiger partial charge is 0.406 e. The molecule has 10 heteroatoms. The van der Waals surface area contributed by atoms with Crippen molar-refractivity contribution < 1.29 is 22.8 Å². The highest BCUT2D eigenvalue weighted by atomic mass is 19.4. The molecule has 0 amide bonds. The number of alkyl halides is 3. The van der Waals surface area contributed by atoms with Crippen molar-refractivity contribution >= 4 is 11.6 Å². The normalized spacial score (nSPS) is 11.3. The molecule has 0 saturated carbocycles. The van der Waals surface area contributed by atoms with Gasteiger partial charge in [-0.2, -0.15) is 0 Å². The van der Waals surface area contributed by atoms with E-state index in [0.29, 0.717) is 11.4 Å². The second kappa shape index (κ2) is 6.15. The van der Waals surface area contributed by atoms with Crippen molar-refractivity contribution in [1.82, 2.24) is 9.55 Å². The van der Waals surface area contributed by atoms with Crippen molar-refractivity contribution in [2.45, 2.75) is 12.9 Å². The van der Waals surface area contributed by atoms with Gasteiger partial charge in [-0.3, -0.25) is 4.57 Å². The van der Waals surface area contributed by atoms with Gasteiger partial charge in [0.2, 0.25) is 12.1 Å². The van der Waals surface area contributed by atoms with Crippen LogP contribution in [0.5, 0.6) is 5.75 Å². The zero-order valence-corrected chi connectivity index (χ0v) is 12.2. The zero-order chi connectivity index (χ0) is 17.2. The van der Waals surface area contributed by atoms with Crippen molar-refractivity contribution in [2.24, 2.45) is 7.05 Å². The summed E-state index contributed by atoms with van der Waals surface area (Å²) in [5.41, 5.74) is 0.664. The van der Waals surface area contributed by atoms with Crippen LogP contribution in [0.3, 0.4) is 0 Å². The highest BCUT2D eigenvalue weighted by molar-refractivity contribution is 5.54. The molecule has 0 aliphatic heterocycles. The molecule has 0 radical (unpaired) electrons. The van der Waals surface area contributed by atoms with Crippen LogP contribution in [0.1, 0.15) is 5.56 Å². The first kappa shape index (κ1) is 16.6. The van der Waals surface area contributed by atoms with E-state index in [1.807, 2.05) is 0 Å². The summed E-state index contributed by atoms with van der Waals surface area (Å²) in [6.07, 6.45) is -3.42. The second-order valence-corrected chi connectivity index (χ2v) is 4.81. The fourth-order valence-electron chi connectivity index (χ4n) is 2.13. The molecular weight excluding hydrogens is 317 g/mol. The van der Waals surface area contributed by atoms with E-state index in [0.717, 1.165) is 0 Å². The van der Waals surface area contributed by atoms with Crippen molar-refractivity contribution in [3.8, 4) is 5.75 Å². The minimum atomic E-state index is -4.74. The van der Waals surface area contributed by atoms with Gasteiger partial charge in [0.05, 0.1) is 0 Å². The van der Waals surface area contributed by atoms with E-state index in [1.54, 1.807) is 19.0 Å². The van der Waals surface area contributed by atoms with Gasteiger partial charge >= 0.3 is 12.2 Å². The lowest BCUT2D eigenvalue weighted by atomic mass is 10.2. The molecule has 0 fully saturated rings. The predicted octanol–water partition coefficient (Wildman–Crippen LogP) is 2.86. The Kier molecular flexibility index (Phi) is 4.43. The molecule has 1 heterocycles. The minimum Gasteiger partial charge on any atom is -0.406 e. The number of aryl methyl sites for hydroxylation is 1. The average Bonchev–Trinajstić information content (AvgIpc) is 2.81. The van der Waals surface area contributed by atoms with Crippen LogP contribution < -0.4 is 9.64 Å². The van der Waals surface area contributed by atoms with Crippen LogP contribution in [0, 0.1) is 10.1 Å². The van der Waals surface area contributed by atoms with E-state index >= 15 is 0 Å². The summed E-state index contributed by atoms with van der Waals surface area (Å²) in [5, 5.41) is 10.9. The second-order valence-electron chi connectivity index (χ2n) is 4.81. The topological polar surface area (TPSA) is 73.4 Å². The molecular formula is C13H13F3N4O3. The van der Waals surface area contributed by atoms with Crippen LogP contribution in [0.15, 0.2) is 30.6 Å². The number of hydrogen-bond acceptors (Lipinski definition) is 5. The zero-order valence-electron chi connectivity index (χ0n) is 12.2. The molecule has 0 aliphatic rings. The molecule has 2 rings (SSSR count). The summed E-state index contributed by atoms with van der Waals surface area (Å²) in [7, 11) is 3.25. The Morgan fingerprint density at radius 1 is 1.35 bits per heavy atom. The van der Waals surface area contributed by atoms with Gasteiger partial charge in [0.1, 0.15) is 5.75 Å². The molecule has 0 aliphatic carbocycles. The Balaban J connectivity index is 2.13. The van der Waals surface area contributed by atoms with E-state index in [-0.39, 0.29) is 18.1 Å². The van der Waals surface area contributed by atoms with Crippen LogP contribution >= 0.6 is 0 Å². The standard InChI is InChI=1S/C13H13F3N4O3/c1-18(12-11(20(21)22)17-8-19(12)2)7-9-3-5-10(6-4-9)23-13(14,15)16/h3-6,8H,7H2,1-2H3. The van der Waals surface area contributed by atoms with Crippen molar-refractivity contribution in [1.29, 1.82) is 0 Å². The molecule has 23 heavy (non-hydrogen) atoms. The number of aromatic nitrogens is 2. The number of halogens is 3. The van der Waals surface area contributed by atoms with Gasteiger partial charge in [-0.1, -0.05) is 12.1 Å². The number of benzene rings is 1. The van der Waals surface area contributed by atoms with Gasteiger partial charge in [0.15, 0.2) is 0 Å². The lowest BCUT2D eigenvalue weighted by molar-refractivity contribution is -0.388. The summed E-state index contributed by atoms with van der Waals surface area (Å²) >= 11 is 0. The van der Waals surface area contributed by atoms with Crippen LogP contribution in [-0.2, 0) is 13.6 Å². The van der Waals surface area contributed by atoms with E-state index in [9.17, 15) is 23.3 Å². The molecule has 124 valence electrons. The van der Waals surface area contributed by atoms with Crippen LogP contribution in [0.2, 0.25) is 0 Å². The Morgan fingerprint density at radius 3 is 2.48 bits per heavy atom. The number of imidazole rings is 1. The minimum absolute atomic E-state index is 0.257. The van der Waals surface area contributed by atoms with Crippen LogP contribution in [0.4, 0.5) is 24.8 Å². The maximum Gasteiger partial charge on any atom is 0.573 e. The number of nitrogens with zero attached hydrogens (tertiary/aromatic N) is 4. The van der Waals surface area contributed by atoms with Crippen molar-refractivity contribution in [3.05, 3.63) is 46.3 Å². The van der Waals surface area contributed by atoms with Gasteiger partial charge in [0, 0.05) is 20.6 Å². The van der Waals surface area contributed by atoms with Gasteiger partial charge in [-0.25, -0.2) is 0 Å². The summed E-state index contributed by atoms with van der Waals surface area (Å²) in [5.74, 6) is -0.312. The monoisotopic (exact) mass is 330 g/mol. The lowest BCUT2D eigenvalue weighted by Crippen LogP contribution is -2.20. The molecule has 0 N–H and O–H groups in total. The molecule has 0 unspecified atom stereocenters. The van der Waals surface area contributed by atoms with E-state index in [1.165, 1.54) is 35.2 Å². The average molecular weight is 330 g/mol. The van der Waals surface area contributed by atoms with Gasteiger partial charge < -0.3 is 19.8 Å². The fourth-order valence-corrected chi connectivity index (χ4v) is 2.13. The van der Waals surface area contributed by atoms with Crippen molar-refractivity contribution in [3.63, 3.8) is 0 Å². The Bertz CT molecular complexity index is 697. The third-order valence-electron chi connectivity index (χ3n) is 3.00. The highest BCUT2D eigenvalue weighted by Gasteiger charge is 2.31. The van der Waals surface area contributed by atoms with Crippen molar-refractivity contribution in [2.75, 3.05) is 11.9 Å². The molecule has 7 nitrogen and oxygen atoms in total. The summed E-state index contributed by atoms with van der Waals surface area (Å²) in [6, 6.07) is 5.29. The number of ether oxygens (including phenoxy) is 1. The Hall–Kier alpha value is -2.78. The van der Waals surface area contributed by atoms with Gasteiger partial charge in [-0.05, 0) is 27.6 Å². The summed E-state index contributed by atoms with van der Waals surface area (Å²) < 4.78 is 41.6. The van der Waals surface area contributed by atoms with Crippen LogP contribution in [0.25, 0.3) is 0 Å². The van der Waals surface area contributed by atoms with E-state index < -0.39 is 11.3 Å². The molecule has 0 bridgehead atoms. The highest BCUT2D eigenvalue weighted by Crippen LogP contribution is 2.27. The third-order valence-corrected chi connectivity index (χ3v) is 3.00. The van der Waals surface area contributed by atoms with Gasteiger partial charge in [-0.15, -0.1) is 13.2 Å². The first-order valence-corrected chi connectivity index (χ1v) is 6.39. The fraction of sp³-hybridized carbons (Fsp3) is 0.308. The van der Waals surface area contributed by atoms with Gasteiger partial charge in [0.25, 0.3) is 0 Å². The molecule has 1 aromatic carbocycles. The Morgan fingerprint density at radius 2 is 1.96 bits per heavy atom. The third kappa shape index (κ3) is 4.11. The van der Waals surface area contributed by atoms with E-state index in [4.69, 9.17) is 0 Å². The van der Waals surface area contributed by atoms with Crippen LogP contribution in [-0.4, -0.2) is 27.9 Å². The first-order valence-electron chi connectivity index (χ1n) is 6.39. The SMILES string of the molecule is CN(Cc1ccc(OC(F)(F)F)cc1)c1c([N+](=O)[O-])ncn1C. The first-order chi connectivity index (χ1) is 10.7. The summed E-state index contributed by atoms with van der Waals surface area (Å²) in [6.45, 7) is 0.257. The maximum atomic E-state index is 12.1. The number of nitro groups is 1. The molecule has 0 saturated heterocycles.